The first-order chi connectivity index (χ1) is 14.0. The van der Waals surface area contributed by atoms with Gasteiger partial charge in [-0.1, -0.05) is 30.3 Å². The van der Waals surface area contributed by atoms with Gasteiger partial charge >= 0.3 is 6.09 Å². The lowest BCUT2D eigenvalue weighted by molar-refractivity contribution is -0.123. The molecule has 0 fully saturated rings. The van der Waals surface area contributed by atoms with Gasteiger partial charge in [0.1, 0.15) is 6.04 Å². The molecule has 0 unspecified atom stereocenters. The van der Waals surface area contributed by atoms with E-state index in [1.54, 1.807) is 19.1 Å². The van der Waals surface area contributed by atoms with E-state index < -0.39 is 18.0 Å². The van der Waals surface area contributed by atoms with Crippen LogP contribution in [0, 0.1) is 0 Å². The van der Waals surface area contributed by atoms with Crippen LogP contribution in [0.25, 0.3) is 0 Å². The zero-order valence-electron chi connectivity index (χ0n) is 16.4. The van der Waals surface area contributed by atoms with Gasteiger partial charge in [-0.05, 0) is 43.2 Å². The van der Waals surface area contributed by atoms with Crippen LogP contribution in [0.1, 0.15) is 25.0 Å². The molecule has 2 aromatic rings. The highest BCUT2D eigenvalue weighted by molar-refractivity contribution is 5.87. The number of phenolic OH excluding ortho intramolecular Hbond substituents is 1. The van der Waals surface area contributed by atoms with Crippen LogP contribution >= 0.6 is 0 Å². The van der Waals surface area contributed by atoms with E-state index in [9.17, 15) is 14.7 Å². The maximum atomic E-state index is 12.5. The molecular formula is C21H25N3O5. The summed E-state index contributed by atoms with van der Waals surface area (Å²) >= 11 is 0. The fourth-order valence-electron chi connectivity index (χ4n) is 2.50. The summed E-state index contributed by atoms with van der Waals surface area (Å²) in [6.45, 7) is 4.10. The maximum Gasteiger partial charge on any atom is 0.407 e. The smallest absolute Gasteiger partial charge is 0.407 e. The summed E-state index contributed by atoms with van der Waals surface area (Å²) in [7, 11) is 0. The molecule has 0 aliphatic rings. The van der Waals surface area contributed by atoms with Crippen molar-refractivity contribution < 1.29 is 24.2 Å². The lowest BCUT2D eigenvalue weighted by Gasteiger charge is -2.16. The minimum atomic E-state index is -0.854. The normalized spacial score (nSPS) is 11.7. The Morgan fingerprint density at radius 3 is 2.59 bits per heavy atom. The molecule has 8 heteroatoms. The first-order valence-corrected chi connectivity index (χ1v) is 9.29. The Labute approximate surface area is 169 Å². The third kappa shape index (κ3) is 7.17. The monoisotopic (exact) mass is 399 g/mol. The van der Waals surface area contributed by atoms with Crippen molar-refractivity contribution in [2.45, 2.75) is 26.3 Å². The van der Waals surface area contributed by atoms with Crippen molar-refractivity contribution in [3.8, 4) is 11.5 Å². The van der Waals surface area contributed by atoms with Crippen LogP contribution in [0.5, 0.6) is 11.5 Å². The first kappa shape index (κ1) is 21.7. The molecule has 0 aliphatic heterocycles. The number of rotatable bonds is 9. The number of carbonyl (C=O) groups is 2. The Hall–Kier alpha value is -3.55. The number of hydrazone groups is 1. The van der Waals surface area contributed by atoms with E-state index in [4.69, 9.17) is 9.47 Å². The lowest BCUT2D eigenvalue weighted by Crippen LogP contribution is -2.47. The highest BCUT2D eigenvalue weighted by atomic mass is 16.5. The van der Waals surface area contributed by atoms with Crippen molar-refractivity contribution in [3.05, 3.63) is 59.7 Å². The summed E-state index contributed by atoms with van der Waals surface area (Å²) in [5, 5.41) is 16.2. The van der Waals surface area contributed by atoms with E-state index >= 15 is 0 Å². The van der Waals surface area contributed by atoms with Crippen LogP contribution in [0.2, 0.25) is 0 Å². The summed E-state index contributed by atoms with van der Waals surface area (Å²) in [6.07, 6.45) is 1.03. The molecule has 1 atom stereocenters. The van der Waals surface area contributed by atoms with Gasteiger partial charge in [-0.25, -0.2) is 10.2 Å². The van der Waals surface area contributed by atoms with E-state index in [0.29, 0.717) is 17.9 Å². The minimum absolute atomic E-state index is 0.0228. The Bertz CT molecular complexity index is 839. The number of phenols is 1. The number of nitrogens with one attached hydrogen (secondary N) is 2. The van der Waals surface area contributed by atoms with Crippen molar-refractivity contribution in [3.63, 3.8) is 0 Å². The lowest BCUT2D eigenvalue weighted by atomic mass is 10.1. The SMILES string of the molecule is CCOC(=O)N[C@@H](Cc1ccccc1)C(=O)N/N=C\c1ccc(O)c(OCC)c1. The highest BCUT2D eigenvalue weighted by Gasteiger charge is 2.21. The van der Waals surface area contributed by atoms with Gasteiger partial charge in [0.05, 0.1) is 19.4 Å². The molecule has 2 rings (SSSR count). The number of nitrogens with zero attached hydrogens (tertiary/aromatic N) is 1. The Morgan fingerprint density at radius 2 is 1.90 bits per heavy atom. The molecule has 3 N–H and O–H groups in total. The quantitative estimate of drug-likeness (QED) is 0.444. The summed E-state index contributed by atoms with van der Waals surface area (Å²) in [5.41, 5.74) is 3.93. The molecule has 0 saturated carbocycles. The topological polar surface area (TPSA) is 109 Å². The number of benzene rings is 2. The standard InChI is InChI=1S/C21H25N3O5/c1-3-28-19-13-16(10-11-18(19)25)14-22-24-20(26)17(23-21(27)29-4-2)12-15-8-6-5-7-9-15/h5-11,13-14,17,25H,3-4,12H2,1-2H3,(H,23,27)(H,24,26)/b22-14-/t17-/m0/s1. The molecule has 0 saturated heterocycles. The summed E-state index contributed by atoms with van der Waals surface area (Å²) in [4.78, 5) is 24.3. The molecule has 8 nitrogen and oxygen atoms in total. The van der Waals surface area contributed by atoms with Crippen LogP contribution in [-0.2, 0) is 16.0 Å². The van der Waals surface area contributed by atoms with Crippen molar-refractivity contribution in [2.24, 2.45) is 5.10 Å². The average Bonchev–Trinajstić information content (AvgIpc) is 2.71. The summed E-state index contributed by atoms with van der Waals surface area (Å²) in [5.74, 6) is -0.134. The number of alkyl carbamates (subject to hydrolysis) is 1. The second-order valence-corrected chi connectivity index (χ2v) is 6.00. The van der Waals surface area contributed by atoms with E-state index in [1.807, 2.05) is 37.3 Å². The Kier molecular flexibility index (Phi) is 8.50. The van der Waals surface area contributed by atoms with Gasteiger partial charge in [0, 0.05) is 6.42 Å². The fraction of sp³-hybridized carbons (Fsp3) is 0.286. The number of aromatic hydroxyl groups is 1. The third-order valence-corrected chi connectivity index (χ3v) is 3.84. The van der Waals surface area contributed by atoms with Gasteiger partial charge in [0.15, 0.2) is 11.5 Å². The van der Waals surface area contributed by atoms with Gasteiger partial charge in [-0.2, -0.15) is 5.10 Å². The van der Waals surface area contributed by atoms with Crippen molar-refractivity contribution in [1.29, 1.82) is 0 Å². The first-order valence-electron chi connectivity index (χ1n) is 9.29. The second kappa shape index (κ2) is 11.3. The Morgan fingerprint density at radius 1 is 1.14 bits per heavy atom. The molecular weight excluding hydrogens is 374 g/mol. The van der Waals surface area contributed by atoms with Crippen LogP contribution in [0.15, 0.2) is 53.6 Å². The van der Waals surface area contributed by atoms with Crippen molar-refractivity contribution >= 4 is 18.2 Å². The van der Waals surface area contributed by atoms with Gasteiger partial charge in [0.25, 0.3) is 5.91 Å². The van der Waals surface area contributed by atoms with Gasteiger partial charge in [0.2, 0.25) is 0 Å². The predicted molar refractivity (Wildman–Crippen MR) is 109 cm³/mol. The van der Waals surface area contributed by atoms with Crippen LogP contribution in [0.3, 0.4) is 0 Å². The van der Waals surface area contributed by atoms with E-state index in [1.165, 1.54) is 12.3 Å². The van der Waals surface area contributed by atoms with Crippen LogP contribution in [-0.4, -0.2) is 42.6 Å². The molecule has 0 radical (unpaired) electrons. The van der Waals surface area contributed by atoms with Crippen LogP contribution < -0.4 is 15.5 Å². The molecule has 0 aliphatic carbocycles. The zero-order valence-corrected chi connectivity index (χ0v) is 16.4. The predicted octanol–water partition coefficient (Wildman–Crippen LogP) is 2.60. The van der Waals surface area contributed by atoms with Gasteiger partial charge < -0.3 is 19.9 Å². The Balaban J connectivity index is 2.05. The molecule has 0 aromatic heterocycles. The number of hydrogen-bond donors (Lipinski definition) is 3. The van der Waals surface area contributed by atoms with Crippen molar-refractivity contribution in [1.82, 2.24) is 10.7 Å². The zero-order chi connectivity index (χ0) is 21.1. The molecule has 29 heavy (non-hydrogen) atoms. The number of amides is 2. The van der Waals surface area contributed by atoms with E-state index in [2.05, 4.69) is 15.8 Å². The van der Waals surface area contributed by atoms with Crippen molar-refractivity contribution in [2.75, 3.05) is 13.2 Å². The van der Waals surface area contributed by atoms with Gasteiger partial charge in [-0.15, -0.1) is 0 Å². The number of hydrogen-bond acceptors (Lipinski definition) is 6. The summed E-state index contributed by atoms with van der Waals surface area (Å²) < 4.78 is 10.2. The van der Waals surface area contributed by atoms with Crippen LogP contribution in [0.4, 0.5) is 4.79 Å². The summed E-state index contributed by atoms with van der Waals surface area (Å²) in [6, 6.07) is 13.2. The molecule has 154 valence electrons. The number of carbonyl (C=O) groups excluding carboxylic acids is 2. The third-order valence-electron chi connectivity index (χ3n) is 3.84. The van der Waals surface area contributed by atoms with E-state index in [-0.39, 0.29) is 18.8 Å². The maximum absolute atomic E-state index is 12.5. The average molecular weight is 399 g/mol. The molecule has 0 heterocycles. The largest absolute Gasteiger partial charge is 0.504 e. The molecule has 2 amide bonds. The van der Waals surface area contributed by atoms with E-state index in [0.717, 1.165) is 5.56 Å². The fourth-order valence-corrected chi connectivity index (χ4v) is 2.50. The second-order valence-electron chi connectivity index (χ2n) is 6.00. The highest BCUT2D eigenvalue weighted by Crippen LogP contribution is 2.26. The minimum Gasteiger partial charge on any atom is -0.504 e. The molecule has 2 aromatic carbocycles. The number of ether oxygens (including phenoxy) is 2. The molecule has 0 bridgehead atoms. The molecule has 0 spiro atoms. The van der Waals surface area contributed by atoms with Gasteiger partial charge in [-0.3, -0.25) is 4.79 Å².